The van der Waals surface area contributed by atoms with Crippen molar-refractivity contribution in [2.45, 2.75) is 13.3 Å². The van der Waals surface area contributed by atoms with Gasteiger partial charge in [0.1, 0.15) is 5.69 Å². The molecule has 1 aromatic rings. The van der Waals surface area contributed by atoms with Gasteiger partial charge in [0.05, 0.1) is 6.33 Å². The van der Waals surface area contributed by atoms with E-state index < -0.39 is 0 Å². The average Bonchev–Trinajstić information content (AvgIpc) is 2.47. The molecule has 0 aliphatic carbocycles. The zero-order valence-corrected chi connectivity index (χ0v) is 7.37. The van der Waals surface area contributed by atoms with Crippen molar-refractivity contribution in [3.8, 4) is 0 Å². The quantitative estimate of drug-likeness (QED) is 0.715. The molecule has 0 aliphatic heterocycles. The van der Waals surface area contributed by atoms with Crippen LogP contribution in [0.2, 0.25) is 0 Å². The van der Waals surface area contributed by atoms with Gasteiger partial charge in [-0.25, -0.2) is 4.98 Å². The molecule has 1 heterocycles. The number of amides is 1. The van der Waals surface area contributed by atoms with E-state index in [0.29, 0.717) is 12.2 Å². The molecule has 66 valence electrons. The second-order valence-electron chi connectivity index (χ2n) is 2.68. The zero-order valence-electron chi connectivity index (χ0n) is 7.37. The Labute approximate surface area is 71.6 Å². The first-order valence-corrected chi connectivity index (χ1v) is 4.00. The predicted octanol–water partition coefficient (Wildman–Crippen LogP) is 0.560. The summed E-state index contributed by atoms with van der Waals surface area (Å²) in [6.07, 6.45) is 4.25. The number of carbonyl (C=O) groups is 1. The molecule has 1 rings (SSSR count). The number of rotatable bonds is 3. The lowest BCUT2D eigenvalue weighted by Crippen LogP contribution is -2.24. The molecule has 4 heteroatoms. The van der Waals surface area contributed by atoms with E-state index in [1.807, 2.05) is 14.0 Å². The van der Waals surface area contributed by atoms with Crippen molar-refractivity contribution in [2.24, 2.45) is 7.05 Å². The van der Waals surface area contributed by atoms with Crippen molar-refractivity contribution in [1.82, 2.24) is 14.9 Å². The molecule has 0 bridgehead atoms. The molecular weight excluding hydrogens is 154 g/mol. The van der Waals surface area contributed by atoms with Crippen LogP contribution in [0.1, 0.15) is 23.8 Å². The fourth-order valence-electron chi connectivity index (χ4n) is 0.859. The lowest BCUT2D eigenvalue weighted by Gasteiger charge is -1.98. The minimum Gasteiger partial charge on any atom is -0.351 e. The Morgan fingerprint density at radius 2 is 2.50 bits per heavy atom. The SMILES string of the molecule is CCCNC(=O)c1cn(C)cn1. The van der Waals surface area contributed by atoms with Crippen LogP contribution >= 0.6 is 0 Å². The van der Waals surface area contributed by atoms with Gasteiger partial charge in [0.15, 0.2) is 0 Å². The summed E-state index contributed by atoms with van der Waals surface area (Å²) in [7, 11) is 1.84. The van der Waals surface area contributed by atoms with Crippen LogP contribution in [-0.2, 0) is 7.05 Å². The topological polar surface area (TPSA) is 46.9 Å². The summed E-state index contributed by atoms with van der Waals surface area (Å²) in [6, 6.07) is 0. The lowest BCUT2D eigenvalue weighted by atomic mass is 10.4. The number of hydrogen-bond acceptors (Lipinski definition) is 2. The summed E-state index contributed by atoms with van der Waals surface area (Å²) >= 11 is 0. The van der Waals surface area contributed by atoms with Crippen LogP contribution in [0.25, 0.3) is 0 Å². The molecule has 0 unspecified atom stereocenters. The number of nitrogens with one attached hydrogen (secondary N) is 1. The highest BCUT2D eigenvalue weighted by Gasteiger charge is 2.05. The third-order valence-corrected chi connectivity index (χ3v) is 1.47. The minimum atomic E-state index is -0.0996. The summed E-state index contributed by atoms with van der Waals surface area (Å²) in [5.74, 6) is -0.0996. The fraction of sp³-hybridized carbons (Fsp3) is 0.500. The van der Waals surface area contributed by atoms with Gasteiger partial charge in [-0.2, -0.15) is 0 Å². The van der Waals surface area contributed by atoms with Gasteiger partial charge in [0, 0.05) is 19.8 Å². The number of nitrogens with zero attached hydrogens (tertiary/aromatic N) is 2. The van der Waals surface area contributed by atoms with Crippen LogP contribution in [-0.4, -0.2) is 22.0 Å². The molecule has 0 atom stereocenters. The first-order valence-electron chi connectivity index (χ1n) is 4.00. The molecule has 1 aromatic heterocycles. The predicted molar refractivity (Wildman–Crippen MR) is 45.8 cm³/mol. The van der Waals surface area contributed by atoms with E-state index >= 15 is 0 Å². The molecule has 0 aliphatic rings. The molecule has 0 radical (unpaired) electrons. The molecule has 4 nitrogen and oxygen atoms in total. The Morgan fingerprint density at radius 3 is 3.00 bits per heavy atom. The third-order valence-electron chi connectivity index (χ3n) is 1.47. The van der Waals surface area contributed by atoms with Gasteiger partial charge in [-0.15, -0.1) is 0 Å². The van der Waals surface area contributed by atoms with E-state index in [1.54, 1.807) is 17.1 Å². The smallest absolute Gasteiger partial charge is 0.271 e. The van der Waals surface area contributed by atoms with Gasteiger partial charge < -0.3 is 9.88 Å². The molecule has 12 heavy (non-hydrogen) atoms. The summed E-state index contributed by atoms with van der Waals surface area (Å²) in [5.41, 5.74) is 0.478. The number of aromatic nitrogens is 2. The largest absolute Gasteiger partial charge is 0.351 e. The molecule has 1 N–H and O–H groups in total. The molecule has 0 aromatic carbocycles. The van der Waals surface area contributed by atoms with Crippen molar-refractivity contribution >= 4 is 5.91 Å². The van der Waals surface area contributed by atoms with Gasteiger partial charge >= 0.3 is 0 Å². The number of hydrogen-bond donors (Lipinski definition) is 1. The van der Waals surface area contributed by atoms with Crippen LogP contribution in [0.4, 0.5) is 0 Å². The van der Waals surface area contributed by atoms with Gasteiger partial charge in [-0.3, -0.25) is 4.79 Å². The first kappa shape index (κ1) is 8.77. The third kappa shape index (κ3) is 2.08. The normalized spacial score (nSPS) is 9.83. The summed E-state index contributed by atoms with van der Waals surface area (Å²) < 4.78 is 1.75. The maximum atomic E-state index is 11.2. The average molecular weight is 167 g/mol. The van der Waals surface area contributed by atoms with E-state index in [1.165, 1.54) is 0 Å². The second-order valence-corrected chi connectivity index (χ2v) is 2.68. The summed E-state index contributed by atoms with van der Waals surface area (Å²) in [4.78, 5) is 15.1. The fourth-order valence-corrected chi connectivity index (χ4v) is 0.859. The van der Waals surface area contributed by atoms with Crippen molar-refractivity contribution in [3.63, 3.8) is 0 Å². The van der Waals surface area contributed by atoms with Gasteiger partial charge in [-0.05, 0) is 6.42 Å². The lowest BCUT2D eigenvalue weighted by molar-refractivity contribution is 0.0949. The standard InChI is InChI=1S/C8H13N3O/c1-3-4-9-8(12)7-5-11(2)6-10-7/h5-6H,3-4H2,1-2H3,(H,9,12). The molecule has 0 fully saturated rings. The van der Waals surface area contributed by atoms with Crippen LogP contribution < -0.4 is 5.32 Å². The first-order chi connectivity index (χ1) is 5.74. The highest BCUT2D eigenvalue weighted by molar-refractivity contribution is 5.91. The highest BCUT2D eigenvalue weighted by Crippen LogP contribution is 1.92. The number of carbonyl (C=O) groups excluding carboxylic acids is 1. The zero-order chi connectivity index (χ0) is 8.97. The number of aryl methyl sites for hydroxylation is 1. The van der Waals surface area contributed by atoms with Crippen molar-refractivity contribution in [3.05, 3.63) is 18.2 Å². The Balaban J connectivity index is 2.53. The van der Waals surface area contributed by atoms with Gasteiger partial charge in [0.2, 0.25) is 0 Å². The van der Waals surface area contributed by atoms with E-state index in [9.17, 15) is 4.79 Å². The summed E-state index contributed by atoms with van der Waals surface area (Å²) in [5, 5.41) is 2.75. The van der Waals surface area contributed by atoms with Crippen molar-refractivity contribution in [1.29, 1.82) is 0 Å². The van der Waals surface area contributed by atoms with E-state index in [-0.39, 0.29) is 5.91 Å². The van der Waals surface area contributed by atoms with Crippen LogP contribution in [0.5, 0.6) is 0 Å². The van der Waals surface area contributed by atoms with Crippen LogP contribution in [0, 0.1) is 0 Å². The van der Waals surface area contributed by atoms with Gasteiger partial charge in [-0.1, -0.05) is 6.92 Å². The Bertz CT molecular complexity index is 267. The Kier molecular flexibility index (Phi) is 2.85. The minimum absolute atomic E-state index is 0.0996. The van der Waals surface area contributed by atoms with Crippen molar-refractivity contribution in [2.75, 3.05) is 6.54 Å². The van der Waals surface area contributed by atoms with E-state index in [2.05, 4.69) is 10.3 Å². The molecule has 1 amide bonds. The van der Waals surface area contributed by atoms with E-state index in [0.717, 1.165) is 6.42 Å². The Hall–Kier alpha value is -1.32. The van der Waals surface area contributed by atoms with Gasteiger partial charge in [0.25, 0.3) is 5.91 Å². The summed E-state index contributed by atoms with van der Waals surface area (Å²) in [6.45, 7) is 2.72. The number of imidazole rings is 1. The maximum Gasteiger partial charge on any atom is 0.271 e. The van der Waals surface area contributed by atoms with Crippen LogP contribution in [0.3, 0.4) is 0 Å². The van der Waals surface area contributed by atoms with E-state index in [4.69, 9.17) is 0 Å². The molecule has 0 saturated carbocycles. The molecular formula is C8H13N3O. The second kappa shape index (κ2) is 3.90. The maximum absolute atomic E-state index is 11.2. The Morgan fingerprint density at radius 1 is 1.75 bits per heavy atom. The molecule has 0 spiro atoms. The van der Waals surface area contributed by atoms with Crippen LogP contribution in [0.15, 0.2) is 12.5 Å². The van der Waals surface area contributed by atoms with Crippen molar-refractivity contribution < 1.29 is 4.79 Å². The highest BCUT2D eigenvalue weighted by atomic mass is 16.1. The molecule has 0 saturated heterocycles. The monoisotopic (exact) mass is 167 g/mol.